The van der Waals surface area contributed by atoms with Crippen molar-refractivity contribution in [3.63, 3.8) is 0 Å². The lowest BCUT2D eigenvalue weighted by molar-refractivity contribution is 0.0982. The molecule has 0 bridgehead atoms. The Morgan fingerprint density at radius 2 is 2.00 bits per heavy atom. The van der Waals surface area contributed by atoms with Crippen molar-refractivity contribution in [2.45, 2.75) is 19.4 Å². The summed E-state index contributed by atoms with van der Waals surface area (Å²) in [5, 5.41) is 0. The maximum absolute atomic E-state index is 12.6. The van der Waals surface area contributed by atoms with Gasteiger partial charge >= 0.3 is 0 Å². The summed E-state index contributed by atoms with van der Waals surface area (Å²) in [6, 6.07) is 4.86. The molecule has 6 heteroatoms. The van der Waals surface area contributed by atoms with Crippen molar-refractivity contribution in [1.29, 1.82) is 0 Å². The molecule has 20 heavy (non-hydrogen) atoms. The third-order valence-corrected chi connectivity index (χ3v) is 4.06. The van der Waals surface area contributed by atoms with Crippen LogP contribution in [0.3, 0.4) is 0 Å². The molecule has 1 aliphatic heterocycles. The first-order valence-electron chi connectivity index (χ1n) is 6.10. The van der Waals surface area contributed by atoms with Crippen LogP contribution in [0, 0.1) is 3.57 Å². The monoisotopic (exact) mass is 381 g/mol. The van der Waals surface area contributed by atoms with Gasteiger partial charge in [-0.3, -0.25) is 19.5 Å². The largest absolute Gasteiger partial charge is 0.323 e. The number of hydrogen-bond acceptors (Lipinski definition) is 3. The zero-order chi connectivity index (χ0) is 14.5. The maximum Gasteiger partial charge on any atom is 0.261 e. The molecule has 1 N–H and O–H groups in total. The molecule has 0 fully saturated rings. The number of carbonyl (C=O) groups excluding carboxylic acids is 1. The van der Waals surface area contributed by atoms with E-state index in [1.54, 1.807) is 23.4 Å². The Kier molecular flexibility index (Phi) is 2.93. The van der Waals surface area contributed by atoms with Gasteiger partial charge in [0.15, 0.2) is 0 Å². The topological polar surface area (TPSA) is 66.1 Å². The van der Waals surface area contributed by atoms with Crippen LogP contribution in [-0.2, 0) is 5.54 Å². The minimum absolute atomic E-state index is 0.120. The summed E-state index contributed by atoms with van der Waals surface area (Å²) >= 11 is 2.16. The molecular weight excluding hydrogens is 369 g/mol. The zero-order valence-electron chi connectivity index (χ0n) is 11.0. The summed E-state index contributed by atoms with van der Waals surface area (Å²) in [5.41, 5.74) is 1.09. The fraction of sp³-hybridized carbons (Fsp3) is 0.214. The molecule has 0 saturated carbocycles. The fourth-order valence-electron chi connectivity index (χ4n) is 2.58. The van der Waals surface area contributed by atoms with E-state index in [0.29, 0.717) is 11.3 Å². The average Bonchev–Trinajstić information content (AvgIpc) is 2.57. The molecule has 0 spiro atoms. The van der Waals surface area contributed by atoms with Crippen LogP contribution in [0.1, 0.15) is 29.9 Å². The fourth-order valence-corrected chi connectivity index (χ4v) is 3.06. The third kappa shape index (κ3) is 1.86. The van der Waals surface area contributed by atoms with Crippen LogP contribution >= 0.6 is 22.6 Å². The summed E-state index contributed by atoms with van der Waals surface area (Å²) in [6.45, 7) is 3.82. The van der Waals surface area contributed by atoms with Crippen molar-refractivity contribution in [2.75, 3.05) is 4.90 Å². The van der Waals surface area contributed by atoms with E-state index >= 15 is 0 Å². The highest BCUT2D eigenvalue weighted by Gasteiger charge is 2.44. The Morgan fingerprint density at radius 1 is 1.25 bits per heavy atom. The van der Waals surface area contributed by atoms with Gasteiger partial charge in [-0.25, -0.2) is 0 Å². The second-order valence-corrected chi connectivity index (χ2v) is 6.42. The van der Waals surface area contributed by atoms with Gasteiger partial charge in [-0.05, 0) is 48.6 Å². The van der Waals surface area contributed by atoms with Crippen molar-refractivity contribution < 1.29 is 4.79 Å². The summed E-state index contributed by atoms with van der Waals surface area (Å²) < 4.78 is 0.952. The number of nitrogens with zero attached hydrogens (tertiary/aromatic N) is 2. The summed E-state index contributed by atoms with van der Waals surface area (Å²) in [4.78, 5) is 32.7. The standard InChI is InChI=1S/C14H12IN3O2/c1-14(2)12-10(3-4-11(19)17-12)13(20)18(14)9-5-8(15)6-16-7-9/h3-7H,1-2H3,(H,17,19). The first-order chi connectivity index (χ1) is 9.41. The van der Waals surface area contributed by atoms with E-state index in [-0.39, 0.29) is 11.5 Å². The van der Waals surface area contributed by atoms with Gasteiger partial charge in [0.25, 0.3) is 5.91 Å². The van der Waals surface area contributed by atoms with Crippen LogP contribution in [0.2, 0.25) is 0 Å². The number of aromatic nitrogens is 2. The SMILES string of the molecule is CC1(C)c2[nH]c(=O)ccc2C(=O)N1c1cncc(I)c1. The Balaban J connectivity index is 2.21. The molecule has 1 aliphatic rings. The number of pyridine rings is 2. The van der Waals surface area contributed by atoms with Crippen molar-refractivity contribution in [2.24, 2.45) is 0 Å². The second kappa shape index (κ2) is 4.41. The lowest BCUT2D eigenvalue weighted by atomic mass is 9.99. The molecule has 3 rings (SSSR count). The highest BCUT2D eigenvalue weighted by atomic mass is 127. The number of halogens is 1. The summed E-state index contributed by atoms with van der Waals surface area (Å²) in [5.74, 6) is -0.120. The van der Waals surface area contributed by atoms with Crippen LogP contribution in [0.15, 0.2) is 35.4 Å². The number of anilines is 1. The molecular formula is C14H12IN3O2. The van der Waals surface area contributed by atoms with Crippen LogP contribution in [0.4, 0.5) is 5.69 Å². The number of carbonyl (C=O) groups is 1. The van der Waals surface area contributed by atoms with Gasteiger partial charge < -0.3 is 4.98 Å². The van der Waals surface area contributed by atoms with Crippen LogP contribution < -0.4 is 10.5 Å². The van der Waals surface area contributed by atoms with Crippen molar-refractivity contribution >= 4 is 34.2 Å². The van der Waals surface area contributed by atoms with Crippen LogP contribution in [0.25, 0.3) is 0 Å². The quantitative estimate of drug-likeness (QED) is 0.771. The number of aromatic amines is 1. The predicted octanol–water partition coefficient (Wildman–Crippen LogP) is 2.27. The highest BCUT2D eigenvalue weighted by molar-refractivity contribution is 14.1. The van der Waals surface area contributed by atoms with Crippen LogP contribution in [0.5, 0.6) is 0 Å². The number of H-pyrrole nitrogens is 1. The lowest BCUT2D eigenvalue weighted by Crippen LogP contribution is -2.40. The number of hydrogen-bond donors (Lipinski definition) is 1. The van der Waals surface area contributed by atoms with Crippen molar-refractivity contribution in [3.8, 4) is 0 Å². The Morgan fingerprint density at radius 3 is 2.70 bits per heavy atom. The van der Waals surface area contributed by atoms with E-state index in [1.807, 2.05) is 19.9 Å². The van der Waals surface area contributed by atoms with E-state index in [4.69, 9.17) is 0 Å². The average molecular weight is 381 g/mol. The highest BCUT2D eigenvalue weighted by Crippen LogP contribution is 2.40. The molecule has 5 nitrogen and oxygen atoms in total. The van der Waals surface area contributed by atoms with E-state index in [9.17, 15) is 9.59 Å². The number of amides is 1. The van der Waals surface area contributed by atoms with Gasteiger partial charge in [-0.1, -0.05) is 0 Å². The van der Waals surface area contributed by atoms with E-state index < -0.39 is 5.54 Å². The lowest BCUT2D eigenvalue weighted by Gasteiger charge is -2.31. The van der Waals surface area contributed by atoms with Gasteiger partial charge in [-0.2, -0.15) is 0 Å². The van der Waals surface area contributed by atoms with Crippen molar-refractivity contribution in [1.82, 2.24) is 9.97 Å². The van der Waals surface area contributed by atoms with Gasteiger partial charge in [0.1, 0.15) is 0 Å². The minimum Gasteiger partial charge on any atom is -0.323 e. The van der Waals surface area contributed by atoms with Gasteiger partial charge in [-0.15, -0.1) is 0 Å². The normalized spacial score (nSPS) is 16.4. The predicted molar refractivity (Wildman–Crippen MR) is 83.9 cm³/mol. The number of rotatable bonds is 1. The third-order valence-electron chi connectivity index (χ3n) is 3.47. The molecule has 0 aliphatic carbocycles. The zero-order valence-corrected chi connectivity index (χ0v) is 13.1. The molecule has 2 aromatic rings. The van der Waals surface area contributed by atoms with Gasteiger partial charge in [0, 0.05) is 15.8 Å². The van der Waals surface area contributed by atoms with Crippen LogP contribution in [-0.4, -0.2) is 15.9 Å². The van der Waals surface area contributed by atoms with E-state index in [1.165, 1.54) is 6.07 Å². The Hall–Kier alpha value is -1.70. The molecule has 0 unspecified atom stereocenters. The van der Waals surface area contributed by atoms with Gasteiger partial charge in [0.2, 0.25) is 5.56 Å². The second-order valence-electron chi connectivity index (χ2n) is 5.17. The molecule has 0 radical (unpaired) electrons. The maximum atomic E-state index is 12.6. The molecule has 1 amide bonds. The summed E-state index contributed by atoms with van der Waals surface area (Å²) in [6.07, 6.45) is 3.39. The van der Waals surface area contributed by atoms with E-state index in [2.05, 4.69) is 32.6 Å². The van der Waals surface area contributed by atoms with Gasteiger partial charge in [0.05, 0.1) is 28.7 Å². The molecule has 0 aromatic carbocycles. The molecule has 0 saturated heterocycles. The molecule has 2 aromatic heterocycles. The smallest absolute Gasteiger partial charge is 0.261 e. The van der Waals surface area contributed by atoms with E-state index in [0.717, 1.165) is 9.26 Å². The van der Waals surface area contributed by atoms with Crippen molar-refractivity contribution in [3.05, 3.63) is 55.8 Å². The molecule has 0 atom stereocenters. The first-order valence-corrected chi connectivity index (χ1v) is 7.18. The Labute approximate surface area is 129 Å². The Bertz CT molecular complexity index is 767. The minimum atomic E-state index is -0.612. The number of nitrogens with one attached hydrogen (secondary N) is 1. The number of fused-ring (bicyclic) bond motifs is 1. The summed E-state index contributed by atoms with van der Waals surface area (Å²) in [7, 11) is 0. The molecule has 3 heterocycles. The first kappa shape index (κ1) is 13.3. The molecule has 102 valence electrons.